The molecule has 0 spiro atoms. The third-order valence-corrected chi connectivity index (χ3v) is 2.31. The highest BCUT2D eigenvalue weighted by Gasteiger charge is 2.21. The zero-order chi connectivity index (χ0) is 13.0. The standard InChI is InChI=1S/C11H10F2N2O2/c1-17-11(16)7-3-2-6(10(12)13)8(4-14)9(7)5-15/h2-3,10H,4,14H2,1H3. The molecule has 0 bridgehead atoms. The highest BCUT2D eigenvalue weighted by Crippen LogP contribution is 2.27. The van der Waals surface area contributed by atoms with E-state index in [4.69, 9.17) is 11.0 Å². The molecular weight excluding hydrogens is 230 g/mol. The average molecular weight is 240 g/mol. The molecule has 0 fully saturated rings. The first-order chi connectivity index (χ1) is 8.06. The van der Waals surface area contributed by atoms with Gasteiger partial charge in [-0.25, -0.2) is 13.6 Å². The molecule has 90 valence electrons. The molecule has 0 heterocycles. The Morgan fingerprint density at radius 3 is 2.65 bits per heavy atom. The molecule has 0 saturated heterocycles. The minimum Gasteiger partial charge on any atom is -0.465 e. The monoisotopic (exact) mass is 240 g/mol. The number of hydrogen-bond donors (Lipinski definition) is 1. The van der Waals surface area contributed by atoms with Crippen molar-refractivity contribution in [3.05, 3.63) is 34.4 Å². The maximum Gasteiger partial charge on any atom is 0.339 e. The van der Waals surface area contributed by atoms with Crippen molar-refractivity contribution < 1.29 is 18.3 Å². The predicted octanol–water partition coefficient (Wildman–Crippen LogP) is 1.74. The van der Waals surface area contributed by atoms with Gasteiger partial charge in [-0.3, -0.25) is 0 Å². The highest BCUT2D eigenvalue weighted by atomic mass is 19.3. The lowest BCUT2D eigenvalue weighted by atomic mass is 9.96. The number of nitrogens with zero attached hydrogens (tertiary/aromatic N) is 1. The number of nitrogens with two attached hydrogens (primary N) is 1. The Bertz CT molecular complexity index is 481. The smallest absolute Gasteiger partial charge is 0.339 e. The van der Waals surface area contributed by atoms with Crippen LogP contribution < -0.4 is 5.73 Å². The second-order valence-electron chi connectivity index (χ2n) is 3.16. The molecule has 0 aliphatic rings. The van der Waals surface area contributed by atoms with Gasteiger partial charge < -0.3 is 10.5 Å². The van der Waals surface area contributed by atoms with E-state index in [9.17, 15) is 13.6 Å². The van der Waals surface area contributed by atoms with Gasteiger partial charge in [-0.15, -0.1) is 0 Å². The van der Waals surface area contributed by atoms with Gasteiger partial charge >= 0.3 is 5.97 Å². The fraction of sp³-hybridized carbons (Fsp3) is 0.273. The van der Waals surface area contributed by atoms with Crippen molar-refractivity contribution in [1.29, 1.82) is 5.26 Å². The number of hydrogen-bond acceptors (Lipinski definition) is 4. The summed E-state index contributed by atoms with van der Waals surface area (Å²) in [4.78, 5) is 11.3. The Hall–Kier alpha value is -2.00. The van der Waals surface area contributed by atoms with E-state index >= 15 is 0 Å². The summed E-state index contributed by atoms with van der Waals surface area (Å²) in [6.45, 7) is -0.243. The zero-order valence-corrected chi connectivity index (χ0v) is 9.04. The number of rotatable bonds is 3. The molecule has 2 N–H and O–H groups in total. The minimum atomic E-state index is -2.74. The molecular formula is C11H10F2N2O2. The van der Waals surface area contributed by atoms with Crippen molar-refractivity contribution in [3.8, 4) is 6.07 Å². The Balaban J connectivity index is 3.50. The second-order valence-corrected chi connectivity index (χ2v) is 3.16. The minimum absolute atomic E-state index is 0.0228. The third kappa shape index (κ3) is 2.40. The van der Waals surface area contributed by atoms with Gasteiger partial charge in [0.25, 0.3) is 6.43 Å². The summed E-state index contributed by atoms with van der Waals surface area (Å²) in [7, 11) is 1.15. The summed E-state index contributed by atoms with van der Waals surface area (Å²) >= 11 is 0. The number of carbonyl (C=O) groups is 1. The van der Waals surface area contributed by atoms with E-state index in [0.29, 0.717) is 0 Å². The van der Waals surface area contributed by atoms with Gasteiger partial charge in [-0.05, 0) is 11.6 Å². The summed E-state index contributed by atoms with van der Waals surface area (Å²) < 4.78 is 29.8. The topological polar surface area (TPSA) is 76.1 Å². The van der Waals surface area contributed by atoms with Crippen molar-refractivity contribution in [2.24, 2.45) is 5.73 Å². The van der Waals surface area contributed by atoms with E-state index in [0.717, 1.165) is 19.2 Å². The summed E-state index contributed by atoms with van der Waals surface area (Å²) in [6, 6.07) is 3.94. The molecule has 0 aliphatic carbocycles. The number of carbonyl (C=O) groups excluding carboxylic acids is 1. The van der Waals surface area contributed by atoms with E-state index in [1.807, 2.05) is 0 Å². The van der Waals surface area contributed by atoms with E-state index < -0.39 is 12.4 Å². The van der Waals surface area contributed by atoms with Crippen molar-refractivity contribution in [2.75, 3.05) is 7.11 Å². The third-order valence-electron chi connectivity index (χ3n) is 2.31. The van der Waals surface area contributed by atoms with E-state index in [-0.39, 0.29) is 28.8 Å². The predicted molar refractivity (Wildman–Crippen MR) is 55.3 cm³/mol. The maximum absolute atomic E-state index is 12.7. The summed E-state index contributed by atoms with van der Waals surface area (Å²) in [6.07, 6.45) is -2.74. The molecule has 6 heteroatoms. The van der Waals surface area contributed by atoms with Crippen LogP contribution in [-0.2, 0) is 11.3 Å². The van der Waals surface area contributed by atoms with Crippen LogP contribution in [0.25, 0.3) is 0 Å². The van der Waals surface area contributed by atoms with Crippen LogP contribution in [0.5, 0.6) is 0 Å². The SMILES string of the molecule is COC(=O)c1ccc(C(F)F)c(CN)c1C#N. The quantitative estimate of drug-likeness (QED) is 0.816. The van der Waals surface area contributed by atoms with Crippen molar-refractivity contribution in [1.82, 2.24) is 0 Å². The van der Waals surface area contributed by atoms with Gasteiger partial charge in [0.15, 0.2) is 0 Å². The molecule has 0 saturated carbocycles. The molecule has 1 rings (SSSR count). The Morgan fingerprint density at radius 1 is 1.59 bits per heavy atom. The van der Waals surface area contributed by atoms with Crippen LogP contribution in [0, 0.1) is 11.3 Å². The van der Waals surface area contributed by atoms with Gasteiger partial charge in [0.2, 0.25) is 0 Å². The number of alkyl halides is 2. The average Bonchev–Trinajstić information content (AvgIpc) is 2.35. The van der Waals surface area contributed by atoms with Crippen LogP contribution in [0.15, 0.2) is 12.1 Å². The number of halogens is 2. The molecule has 1 aromatic rings. The van der Waals surface area contributed by atoms with Crippen molar-refractivity contribution in [3.63, 3.8) is 0 Å². The van der Waals surface area contributed by atoms with Crippen LogP contribution in [-0.4, -0.2) is 13.1 Å². The Kier molecular flexibility index (Phi) is 4.12. The summed E-state index contributed by atoms with van der Waals surface area (Å²) in [5, 5.41) is 8.92. The molecule has 0 aliphatic heterocycles. The largest absolute Gasteiger partial charge is 0.465 e. The first-order valence-corrected chi connectivity index (χ1v) is 4.69. The number of methoxy groups -OCH3 is 1. The van der Waals surface area contributed by atoms with Crippen LogP contribution in [0.2, 0.25) is 0 Å². The number of esters is 1. The molecule has 1 aromatic carbocycles. The number of benzene rings is 1. The van der Waals surface area contributed by atoms with Gasteiger partial charge in [0.1, 0.15) is 6.07 Å². The van der Waals surface area contributed by atoms with E-state index in [1.54, 1.807) is 6.07 Å². The molecule has 0 atom stereocenters. The molecule has 4 nitrogen and oxygen atoms in total. The second kappa shape index (κ2) is 5.37. The lowest BCUT2D eigenvalue weighted by molar-refractivity contribution is 0.0600. The highest BCUT2D eigenvalue weighted by molar-refractivity contribution is 5.92. The maximum atomic E-state index is 12.7. The van der Waals surface area contributed by atoms with Crippen molar-refractivity contribution in [2.45, 2.75) is 13.0 Å². The van der Waals surface area contributed by atoms with Crippen LogP contribution in [0.1, 0.15) is 33.5 Å². The van der Waals surface area contributed by atoms with Crippen molar-refractivity contribution >= 4 is 5.97 Å². The van der Waals surface area contributed by atoms with Gasteiger partial charge in [-0.2, -0.15) is 5.26 Å². The lowest BCUT2D eigenvalue weighted by Crippen LogP contribution is -2.11. The first-order valence-electron chi connectivity index (χ1n) is 4.69. The van der Waals surface area contributed by atoms with Gasteiger partial charge in [0, 0.05) is 12.1 Å². The normalized spacial score (nSPS) is 10.1. The number of ether oxygens (including phenoxy) is 1. The van der Waals surface area contributed by atoms with Crippen LogP contribution >= 0.6 is 0 Å². The van der Waals surface area contributed by atoms with E-state index in [1.165, 1.54) is 0 Å². The molecule has 0 amide bonds. The fourth-order valence-corrected chi connectivity index (χ4v) is 1.50. The Morgan fingerprint density at radius 2 is 2.24 bits per heavy atom. The lowest BCUT2D eigenvalue weighted by Gasteiger charge is -2.11. The fourth-order valence-electron chi connectivity index (χ4n) is 1.50. The molecule has 0 aromatic heterocycles. The summed E-state index contributed by atoms with van der Waals surface area (Å²) in [5.41, 5.74) is 4.77. The number of nitriles is 1. The van der Waals surface area contributed by atoms with Gasteiger partial charge in [0.05, 0.1) is 18.2 Å². The Labute approximate surface area is 96.6 Å². The van der Waals surface area contributed by atoms with Crippen LogP contribution in [0.4, 0.5) is 8.78 Å². The zero-order valence-electron chi connectivity index (χ0n) is 9.04. The van der Waals surface area contributed by atoms with Crippen LogP contribution in [0.3, 0.4) is 0 Å². The van der Waals surface area contributed by atoms with Gasteiger partial charge in [-0.1, -0.05) is 6.07 Å². The summed E-state index contributed by atoms with van der Waals surface area (Å²) in [5.74, 6) is -0.753. The molecule has 0 radical (unpaired) electrons. The molecule has 17 heavy (non-hydrogen) atoms. The molecule has 0 unspecified atom stereocenters. The first kappa shape index (κ1) is 13.1. The van der Waals surface area contributed by atoms with E-state index in [2.05, 4.69) is 4.74 Å².